The van der Waals surface area contributed by atoms with Crippen molar-refractivity contribution in [3.63, 3.8) is 0 Å². The summed E-state index contributed by atoms with van der Waals surface area (Å²) >= 11 is 0. The first-order valence-electron chi connectivity index (χ1n) is 12.3. The standard InChI is InChI=1S/C29H23N3O6/c1-2-29(36)22-14-24-25-20(15-32(24)26(33)21(22)16-37-28(29)35)18(19-10-6-7-11-23(19)31-25)12-13-30-38-27(34)17-8-4-3-5-9-17/h3-11,13-14,36H,2,12,15-16H2,1H3/t29-/m0/s1. The topological polar surface area (TPSA) is 120 Å². The van der Waals surface area contributed by atoms with E-state index in [2.05, 4.69) is 5.16 Å². The van der Waals surface area contributed by atoms with E-state index in [1.165, 1.54) is 6.21 Å². The number of carbonyl (C=O) groups is 2. The molecule has 190 valence electrons. The highest BCUT2D eigenvalue weighted by atomic mass is 16.7. The third-order valence-electron chi connectivity index (χ3n) is 7.23. The zero-order valence-corrected chi connectivity index (χ0v) is 20.5. The zero-order chi connectivity index (χ0) is 26.4. The van der Waals surface area contributed by atoms with E-state index in [0.29, 0.717) is 23.4 Å². The monoisotopic (exact) mass is 509 g/mol. The Labute approximate surface area is 217 Å². The molecule has 0 fully saturated rings. The molecular formula is C29H23N3O6. The highest BCUT2D eigenvalue weighted by molar-refractivity contribution is 5.91. The van der Waals surface area contributed by atoms with E-state index in [-0.39, 0.29) is 36.3 Å². The Morgan fingerprint density at radius 1 is 1.16 bits per heavy atom. The Kier molecular flexibility index (Phi) is 5.65. The lowest BCUT2D eigenvalue weighted by atomic mass is 9.86. The quantitative estimate of drug-likeness (QED) is 0.167. The predicted molar refractivity (Wildman–Crippen MR) is 139 cm³/mol. The lowest BCUT2D eigenvalue weighted by Crippen LogP contribution is -2.44. The number of nitrogens with zero attached hydrogens (tertiary/aromatic N) is 3. The van der Waals surface area contributed by atoms with Crippen LogP contribution in [0, 0.1) is 0 Å². The Morgan fingerprint density at radius 3 is 2.71 bits per heavy atom. The molecule has 4 aromatic rings. The van der Waals surface area contributed by atoms with Crippen LogP contribution in [0.5, 0.6) is 0 Å². The third kappa shape index (κ3) is 3.62. The molecule has 4 heterocycles. The molecule has 0 amide bonds. The first kappa shape index (κ1) is 23.7. The number of fused-ring (bicyclic) bond motifs is 5. The van der Waals surface area contributed by atoms with Gasteiger partial charge in [-0.25, -0.2) is 14.6 Å². The van der Waals surface area contributed by atoms with E-state index in [0.717, 1.165) is 22.0 Å². The molecule has 0 saturated carbocycles. The minimum atomic E-state index is -1.89. The number of aliphatic hydroxyl groups is 1. The van der Waals surface area contributed by atoms with Crippen LogP contribution in [-0.2, 0) is 39.5 Å². The van der Waals surface area contributed by atoms with Gasteiger partial charge < -0.3 is 19.2 Å². The van der Waals surface area contributed by atoms with Gasteiger partial charge >= 0.3 is 11.9 Å². The Balaban J connectivity index is 1.42. The molecule has 2 aliphatic heterocycles. The third-order valence-corrected chi connectivity index (χ3v) is 7.23. The number of hydrogen-bond donors (Lipinski definition) is 1. The second kappa shape index (κ2) is 9.04. The van der Waals surface area contributed by atoms with Gasteiger partial charge in [-0.2, -0.15) is 0 Å². The van der Waals surface area contributed by atoms with Gasteiger partial charge in [0.05, 0.1) is 34.6 Å². The van der Waals surface area contributed by atoms with Gasteiger partial charge in [-0.15, -0.1) is 0 Å². The van der Waals surface area contributed by atoms with Crippen molar-refractivity contribution >= 4 is 29.1 Å². The van der Waals surface area contributed by atoms with Gasteiger partial charge in [0, 0.05) is 29.1 Å². The molecule has 0 aliphatic carbocycles. The Bertz CT molecular complexity index is 1710. The number of benzene rings is 2. The summed E-state index contributed by atoms with van der Waals surface area (Å²) in [4.78, 5) is 48.1. The maximum Gasteiger partial charge on any atom is 0.365 e. The van der Waals surface area contributed by atoms with E-state index in [1.807, 2.05) is 30.3 Å². The van der Waals surface area contributed by atoms with Gasteiger partial charge in [-0.3, -0.25) is 4.79 Å². The lowest BCUT2D eigenvalue weighted by molar-refractivity contribution is -0.172. The molecule has 0 bridgehead atoms. The minimum absolute atomic E-state index is 0.0726. The summed E-state index contributed by atoms with van der Waals surface area (Å²) in [6.07, 6.45) is 1.92. The van der Waals surface area contributed by atoms with Crippen LogP contribution in [0.4, 0.5) is 0 Å². The van der Waals surface area contributed by atoms with Crippen molar-refractivity contribution in [1.82, 2.24) is 9.55 Å². The van der Waals surface area contributed by atoms with Gasteiger partial charge in [0.25, 0.3) is 5.56 Å². The predicted octanol–water partition coefficient (Wildman–Crippen LogP) is 3.46. The van der Waals surface area contributed by atoms with Crippen molar-refractivity contribution in [3.8, 4) is 11.4 Å². The van der Waals surface area contributed by atoms with Crippen molar-refractivity contribution in [2.75, 3.05) is 0 Å². The van der Waals surface area contributed by atoms with Crippen LogP contribution in [0.2, 0.25) is 0 Å². The van der Waals surface area contributed by atoms with Gasteiger partial charge in [0.2, 0.25) is 0 Å². The van der Waals surface area contributed by atoms with Crippen LogP contribution >= 0.6 is 0 Å². The van der Waals surface area contributed by atoms with E-state index >= 15 is 0 Å². The van der Waals surface area contributed by atoms with Crippen LogP contribution in [-0.4, -0.2) is 32.8 Å². The fourth-order valence-electron chi connectivity index (χ4n) is 5.19. The average Bonchev–Trinajstić information content (AvgIpc) is 3.32. The van der Waals surface area contributed by atoms with Crippen molar-refractivity contribution in [2.45, 2.75) is 38.5 Å². The smallest absolute Gasteiger partial charge is 0.365 e. The first-order valence-corrected chi connectivity index (χ1v) is 12.3. The maximum atomic E-state index is 13.5. The van der Waals surface area contributed by atoms with E-state index in [1.54, 1.807) is 41.8 Å². The highest BCUT2D eigenvalue weighted by Gasteiger charge is 2.45. The molecule has 2 aromatic heterocycles. The molecule has 9 heteroatoms. The molecule has 2 aromatic carbocycles. The van der Waals surface area contributed by atoms with Gasteiger partial charge in [0.1, 0.15) is 6.61 Å². The number of pyridine rings is 2. The van der Waals surface area contributed by atoms with Crippen molar-refractivity contribution in [1.29, 1.82) is 0 Å². The Hall–Kier alpha value is -4.63. The molecule has 6 rings (SSSR count). The van der Waals surface area contributed by atoms with Gasteiger partial charge in [0.15, 0.2) is 5.60 Å². The summed E-state index contributed by atoms with van der Waals surface area (Å²) in [5, 5.41) is 15.9. The fourth-order valence-corrected chi connectivity index (χ4v) is 5.19. The number of aromatic nitrogens is 2. The number of hydrogen-bond acceptors (Lipinski definition) is 8. The minimum Gasteiger partial charge on any atom is -0.458 e. The van der Waals surface area contributed by atoms with E-state index < -0.39 is 17.5 Å². The SMILES string of the molecule is CC[C@@]1(O)C(=O)OCc2c1cc1n(c2=O)Cc2c-1nc1ccccc1c2CC=NOC(=O)c1ccccc1. The number of esters is 1. The summed E-state index contributed by atoms with van der Waals surface area (Å²) < 4.78 is 6.75. The summed E-state index contributed by atoms with van der Waals surface area (Å²) in [5.41, 5.74) is 2.30. The summed E-state index contributed by atoms with van der Waals surface area (Å²) in [6, 6.07) is 17.9. The molecule has 1 N–H and O–H groups in total. The number of rotatable bonds is 5. The number of cyclic esters (lactones) is 1. The molecule has 9 nitrogen and oxygen atoms in total. The normalized spacial score (nSPS) is 17.7. The van der Waals surface area contributed by atoms with Crippen LogP contribution < -0.4 is 5.56 Å². The van der Waals surface area contributed by atoms with Crippen molar-refractivity contribution in [2.24, 2.45) is 5.16 Å². The van der Waals surface area contributed by atoms with Crippen LogP contribution in [0.3, 0.4) is 0 Å². The van der Waals surface area contributed by atoms with Crippen molar-refractivity contribution < 1.29 is 24.3 Å². The molecule has 1 atom stereocenters. The number of para-hydroxylation sites is 1. The zero-order valence-electron chi connectivity index (χ0n) is 20.5. The molecule has 0 saturated heterocycles. The van der Waals surface area contributed by atoms with Gasteiger partial charge in [-0.05, 0) is 36.2 Å². The number of carbonyl (C=O) groups excluding carboxylic acids is 2. The molecule has 0 unspecified atom stereocenters. The van der Waals surface area contributed by atoms with E-state index in [9.17, 15) is 19.5 Å². The Morgan fingerprint density at radius 2 is 1.92 bits per heavy atom. The summed E-state index contributed by atoms with van der Waals surface area (Å²) in [7, 11) is 0. The molecule has 0 radical (unpaired) electrons. The molecule has 2 aliphatic rings. The maximum absolute atomic E-state index is 13.5. The number of ether oxygens (including phenoxy) is 1. The van der Waals surface area contributed by atoms with Crippen molar-refractivity contribution in [3.05, 3.63) is 98.8 Å². The van der Waals surface area contributed by atoms with Crippen LogP contribution in [0.25, 0.3) is 22.3 Å². The molecule has 0 spiro atoms. The molecular weight excluding hydrogens is 486 g/mol. The second-order valence-corrected chi connectivity index (χ2v) is 9.27. The summed E-state index contributed by atoms with van der Waals surface area (Å²) in [5.74, 6) is -1.32. The van der Waals surface area contributed by atoms with Crippen LogP contribution in [0.15, 0.2) is 70.6 Å². The van der Waals surface area contributed by atoms with Crippen LogP contribution in [0.1, 0.15) is 46.0 Å². The average molecular weight is 510 g/mol. The number of oxime groups is 1. The lowest BCUT2D eigenvalue weighted by Gasteiger charge is -2.31. The van der Waals surface area contributed by atoms with Gasteiger partial charge in [-0.1, -0.05) is 48.5 Å². The van der Waals surface area contributed by atoms with E-state index in [4.69, 9.17) is 14.6 Å². The highest BCUT2D eigenvalue weighted by Crippen LogP contribution is 2.40. The second-order valence-electron chi connectivity index (χ2n) is 9.27. The first-order chi connectivity index (χ1) is 18.4. The summed E-state index contributed by atoms with van der Waals surface area (Å²) in [6.45, 7) is 1.75. The largest absolute Gasteiger partial charge is 0.458 e. The molecule has 38 heavy (non-hydrogen) atoms. The fraction of sp³-hybridized carbons (Fsp3) is 0.207.